The molecule has 350 valence electrons. The first-order valence-corrected chi connectivity index (χ1v) is 27.1. The van der Waals surface area contributed by atoms with E-state index in [0.29, 0.717) is 26.4 Å². The van der Waals surface area contributed by atoms with E-state index in [1.807, 2.05) is 6.07 Å². The molecule has 2 unspecified atom stereocenters. The Labute approximate surface area is 366 Å². The number of nitriles is 1. The zero-order valence-corrected chi connectivity index (χ0v) is 40.2. The smallest absolute Gasteiger partial charge is 0.331 e. The molecule has 0 aliphatic heterocycles. The fraction of sp³-hybridized carbons (Fsp3) is 0.894. The van der Waals surface area contributed by atoms with Crippen molar-refractivity contribution in [1.29, 1.82) is 5.26 Å². The zero-order valence-electron chi connectivity index (χ0n) is 38.5. The minimum Gasteiger partial charge on any atom is -0.379 e. The van der Waals surface area contributed by atoms with Crippen molar-refractivity contribution in [2.45, 2.75) is 212 Å². The minimum absolute atomic E-state index is 0.0105. The largest absolute Gasteiger partial charge is 0.379 e. The minimum atomic E-state index is -4.12. The first-order valence-electron chi connectivity index (χ1n) is 23.8. The quantitative estimate of drug-likeness (QED) is 0.0346. The van der Waals surface area contributed by atoms with Gasteiger partial charge in [-0.25, -0.2) is 0 Å². The Hall–Kier alpha value is -0.610. The van der Waals surface area contributed by atoms with Crippen LogP contribution in [0.15, 0.2) is 24.3 Å². The van der Waals surface area contributed by atoms with Crippen molar-refractivity contribution >= 4 is 17.4 Å². The van der Waals surface area contributed by atoms with Crippen LogP contribution in [0.25, 0.3) is 0 Å². The lowest BCUT2D eigenvalue weighted by Crippen LogP contribution is -2.28. The maximum Gasteiger partial charge on any atom is 0.331 e. The van der Waals surface area contributed by atoms with Crippen molar-refractivity contribution in [3.8, 4) is 6.07 Å². The molecule has 0 radical (unpaired) electrons. The molecule has 0 saturated heterocycles. The summed E-state index contributed by atoms with van der Waals surface area (Å²) in [5.74, 6) is 0. The van der Waals surface area contributed by atoms with Gasteiger partial charge in [-0.15, -0.1) is 0 Å². The third-order valence-electron chi connectivity index (χ3n) is 10.3. The van der Waals surface area contributed by atoms with E-state index in [0.717, 1.165) is 25.7 Å². The maximum atomic E-state index is 10.8. The molecule has 2 atom stereocenters. The Morgan fingerprint density at radius 3 is 1.17 bits per heavy atom. The molecule has 0 bridgehead atoms. The van der Waals surface area contributed by atoms with Crippen LogP contribution in [0, 0.1) is 11.3 Å². The molecule has 0 rings (SSSR count). The molecule has 59 heavy (non-hydrogen) atoms. The summed E-state index contributed by atoms with van der Waals surface area (Å²) in [6.07, 6.45) is 43.9. The van der Waals surface area contributed by atoms with Crippen LogP contribution in [-0.2, 0) is 42.5 Å². The van der Waals surface area contributed by atoms with Crippen LogP contribution >= 0.6 is 6.72 Å². The highest BCUT2D eigenvalue weighted by atomic mass is 32.5. The predicted molar refractivity (Wildman–Crippen MR) is 249 cm³/mol. The van der Waals surface area contributed by atoms with E-state index in [4.69, 9.17) is 37.1 Å². The van der Waals surface area contributed by atoms with Gasteiger partial charge in [-0.3, -0.25) is 8.37 Å². The fourth-order valence-corrected chi connectivity index (χ4v) is 9.36. The SMILES string of the molecule is CCCCCCCC/C=C\CCCCCCCCOCC(COS(OCC(COCCCCCCCC/C=C\CCCCCCCC)OC)=P(O)(O)OCCC#N)OC. The average molecular weight is 878 g/mol. The maximum absolute atomic E-state index is 10.8. The molecule has 12 heteroatoms. The molecule has 0 heterocycles. The number of unbranched alkanes of at least 4 members (excludes halogenated alkanes) is 24. The van der Waals surface area contributed by atoms with Crippen LogP contribution in [0.5, 0.6) is 0 Å². The monoisotopic (exact) mass is 878 g/mol. The molecule has 0 fully saturated rings. The summed E-state index contributed by atoms with van der Waals surface area (Å²) in [5, 5.41) is 8.91. The molecule has 0 aromatic heterocycles. The topological polar surface area (TPSA) is 129 Å². The van der Waals surface area contributed by atoms with Gasteiger partial charge in [0.25, 0.3) is 0 Å². The standard InChI is InChI=1S/C47H92NO9PS/c1-5-7-9-11-13-15-17-19-21-23-25-27-29-31-33-35-39-53-42-46(51-3)44-56-59(58(49,50)55-41-37-38-48)57-45-47(52-4)43-54-40-36-34-32-30-28-26-24-22-20-18-16-14-12-10-8-6-2/h19-22,46-47,49-50H,5-18,23-37,39-45H2,1-4H3/b21-19-,22-20-. The number of rotatable bonds is 47. The van der Waals surface area contributed by atoms with Crippen molar-refractivity contribution < 1.29 is 41.6 Å². The molecule has 0 spiro atoms. The van der Waals surface area contributed by atoms with Crippen molar-refractivity contribution in [1.82, 2.24) is 0 Å². The molecule has 0 amide bonds. The second-order valence-corrected chi connectivity index (χ2v) is 20.2. The van der Waals surface area contributed by atoms with Crippen LogP contribution in [0.4, 0.5) is 0 Å². The molecular formula is C47H92NO9PS. The Morgan fingerprint density at radius 1 is 0.492 bits per heavy atom. The van der Waals surface area contributed by atoms with E-state index in [-0.39, 0.29) is 26.2 Å². The normalized spacial score (nSPS) is 13.8. The zero-order chi connectivity index (χ0) is 43.2. The van der Waals surface area contributed by atoms with Crippen LogP contribution < -0.4 is 0 Å². The Bertz CT molecular complexity index is 975. The first-order chi connectivity index (χ1) is 28.9. The van der Waals surface area contributed by atoms with Gasteiger partial charge in [0, 0.05) is 27.4 Å². The van der Waals surface area contributed by atoms with Crippen LogP contribution in [0.2, 0.25) is 0 Å². The van der Waals surface area contributed by atoms with Crippen LogP contribution in [0.3, 0.4) is 0 Å². The summed E-state index contributed by atoms with van der Waals surface area (Å²) in [7, 11) is 1.33. The lowest BCUT2D eigenvalue weighted by atomic mass is 10.1. The second kappa shape index (κ2) is 46.9. The Balaban J connectivity index is 4.28. The lowest BCUT2D eigenvalue weighted by molar-refractivity contribution is -0.0218. The molecule has 10 nitrogen and oxygen atoms in total. The summed E-state index contributed by atoms with van der Waals surface area (Å²) in [6.45, 7) is 2.17. The molecule has 2 N–H and O–H groups in total. The second-order valence-electron chi connectivity index (χ2n) is 15.8. The van der Waals surface area contributed by atoms with Gasteiger partial charge in [-0.1, -0.05) is 154 Å². The van der Waals surface area contributed by atoms with Crippen LogP contribution in [-0.4, -0.2) is 82.5 Å². The summed E-state index contributed by atoms with van der Waals surface area (Å²) in [6, 6.07) is 1.94. The van der Waals surface area contributed by atoms with Crippen molar-refractivity contribution in [2.24, 2.45) is 0 Å². The van der Waals surface area contributed by atoms with Gasteiger partial charge in [-0.2, -0.15) is 5.26 Å². The van der Waals surface area contributed by atoms with Gasteiger partial charge in [0.05, 0.1) is 45.5 Å². The van der Waals surface area contributed by atoms with E-state index in [9.17, 15) is 9.79 Å². The lowest BCUT2D eigenvalue weighted by Gasteiger charge is -2.23. The summed E-state index contributed by atoms with van der Waals surface area (Å²) >= 11 is 0. The molecule has 0 aliphatic rings. The fourth-order valence-electron chi connectivity index (χ4n) is 6.39. The van der Waals surface area contributed by atoms with Gasteiger partial charge in [0.2, 0.25) is 0 Å². The number of nitrogens with zero attached hydrogens (tertiary/aromatic N) is 1. The van der Waals surface area contributed by atoms with E-state index >= 15 is 0 Å². The number of ether oxygens (including phenoxy) is 4. The molecule has 0 saturated carbocycles. The number of methoxy groups -OCH3 is 2. The van der Waals surface area contributed by atoms with Crippen molar-refractivity contribution in [3.63, 3.8) is 0 Å². The Morgan fingerprint density at radius 2 is 0.831 bits per heavy atom. The highest BCUT2D eigenvalue weighted by molar-refractivity contribution is 8.22. The van der Waals surface area contributed by atoms with Crippen LogP contribution in [0.1, 0.15) is 200 Å². The third-order valence-corrected chi connectivity index (χ3v) is 13.9. The molecule has 0 aliphatic carbocycles. The van der Waals surface area contributed by atoms with E-state index in [1.54, 1.807) is 14.2 Å². The third kappa shape index (κ3) is 41.2. The van der Waals surface area contributed by atoms with E-state index in [1.165, 1.54) is 154 Å². The summed E-state index contributed by atoms with van der Waals surface area (Å²) < 4.78 is 39.8. The van der Waals surface area contributed by atoms with E-state index in [2.05, 4.69) is 38.2 Å². The summed E-state index contributed by atoms with van der Waals surface area (Å²) in [4.78, 5) is 21.6. The number of hydrogen-bond donors (Lipinski definition) is 2. The van der Waals surface area contributed by atoms with Gasteiger partial charge >= 0.3 is 6.72 Å². The van der Waals surface area contributed by atoms with E-state index < -0.39 is 29.6 Å². The molecule has 0 aromatic rings. The van der Waals surface area contributed by atoms with Crippen molar-refractivity contribution in [2.75, 3.05) is 60.5 Å². The highest BCUT2D eigenvalue weighted by Gasteiger charge is 2.24. The first kappa shape index (κ1) is 58.4. The van der Waals surface area contributed by atoms with Gasteiger partial charge in [0.1, 0.15) is 12.2 Å². The van der Waals surface area contributed by atoms with Gasteiger partial charge < -0.3 is 33.3 Å². The average Bonchev–Trinajstić information content (AvgIpc) is 3.23. The predicted octanol–water partition coefficient (Wildman–Crippen LogP) is 13.2. The van der Waals surface area contributed by atoms with Crippen molar-refractivity contribution in [3.05, 3.63) is 24.3 Å². The molecular weight excluding hydrogens is 786 g/mol. The highest BCUT2D eigenvalue weighted by Crippen LogP contribution is 2.44. The molecule has 0 aromatic carbocycles. The Kier molecular flexibility index (Phi) is 46.4. The number of hydrogen-bond acceptors (Lipinski definition) is 8. The van der Waals surface area contributed by atoms with Gasteiger partial charge in [0.15, 0.2) is 10.6 Å². The van der Waals surface area contributed by atoms with Gasteiger partial charge in [-0.05, 0) is 64.2 Å². The number of allylic oxidation sites excluding steroid dienone is 4. The summed E-state index contributed by atoms with van der Waals surface area (Å²) in [5.41, 5.74) is 0.